The lowest BCUT2D eigenvalue weighted by Crippen LogP contribution is -2.46. The molecular formula is C20H17BrClF2N3O3. The molecular weight excluding hydrogens is 484 g/mol. The summed E-state index contributed by atoms with van der Waals surface area (Å²) in [6.45, 7) is 1.03. The van der Waals surface area contributed by atoms with Crippen LogP contribution in [0.3, 0.4) is 0 Å². The summed E-state index contributed by atoms with van der Waals surface area (Å²) < 4.78 is 42.1. The molecule has 4 rings (SSSR count). The van der Waals surface area contributed by atoms with Crippen molar-refractivity contribution < 1.29 is 23.0 Å². The topological polar surface area (TPSA) is 56.1 Å². The minimum absolute atomic E-state index is 0.165. The summed E-state index contributed by atoms with van der Waals surface area (Å²) in [6.07, 6.45) is 1.13. The van der Waals surface area contributed by atoms with Crippen LogP contribution in [0.25, 0.3) is 16.9 Å². The molecule has 2 aromatic heterocycles. The molecule has 0 saturated carbocycles. The summed E-state index contributed by atoms with van der Waals surface area (Å²) in [4.78, 5) is 17.9. The fourth-order valence-corrected chi connectivity index (χ4v) is 4.14. The molecule has 0 aliphatic carbocycles. The Hall–Kier alpha value is -2.23. The van der Waals surface area contributed by atoms with E-state index in [0.717, 1.165) is 0 Å². The van der Waals surface area contributed by atoms with Gasteiger partial charge >= 0.3 is 6.09 Å². The molecule has 0 unspecified atom stereocenters. The van der Waals surface area contributed by atoms with Crippen LogP contribution in [0, 0.1) is 11.6 Å². The second kappa shape index (κ2) is 8.49. The van der Waals surface area contributed by atoms with Gasteiger partial charge in [0.1, 0.15) is 17.3 Å². The van der Waals surface area contributed by atoms with Crippen molar-refractivity contribution in [2.45, 2.75) is 12.5 Å². The van der Waals surface area contributed by atoms with Crippen LogP contribution in [0.1, 0.15) is 5.69 Å². The fourth-order valence-electron chi connectivity index (χ4n) is 3.59. The first-order chi connectivity index (χ1) is 14.4. The molecule has 0 radical (unpaired) electrons. The number of nitrogens with zero attached hydrogens (tertiary/aromatic N) is 3. The van der Waals surface area contributed by atoms with E-state index in [4.69, 9.17) is 21.1 Å². The summed E-state index contributed by atoms with van der Waals surface area (Å²) in [5, 5.41) is 0.452. The zero-order valence-electron chi connectivity index (χ0n) is 15.9. The molecule has 3 heterocycles. The standard InChI is InChI=1S/C20H17BrClF2N3O3/c1-29-20(28)26-4-5-30-13(10-26)9-16-19(18-14(23)6-11(21)7-15(18)24)25-17-8-12(22)2-3-27(16)17/h2-3,6-8,13H,4-5,9-10H2,1H3/t13-/m0/s1. The highest BCUT2D eigenvalue weighted by Crippen LogP contribution is 2.33. The number of amides is 1. The Morgan fingerprint density at radius 3 is 2.80 bits per heavy atom. The molecule has 10 heteroatoms. The van der Waals surface area contributed by atoms with E-state index >= 15 is 0 Å². The van der Waals surface area contributed by atoms with Crippen LogP contribution in [0.2, 0.25) is 5.02 Å². The van der Waals surface area contributed by atoms with Crippen molar-refractivity contribution in [1.82, 2.24) is 14.3 Å². The van der Waals surface area contributed by atoms with Gasteiger partial charge in [-0.3, -0.25) is 0 Å². The van der Waals surface area contributed by atoms with Crippen molar-refractivity contribution in [3.05, 3.63) is 57.3 Å². The van der Waals surface area contributed by atoms with Gasteiger partial charge in [0.15, 0.2) is 0 Å². The summed E-state index contributed by atoms with van der Waals surface area (Å²) in [6, 6.07) is 5.66. The van der Waals surface area contributed by atoms with Gasteiger partial charge in [-0.2, -0.15) is 0 Å². The van der Waals surface area contributed by atoms with E-state index in [2.05, 4.69) is 20.9 Å². The monoisotopic (exact) mass is 499 g/mol. The number of ether oxygens (including phenoxy) is 2. The lowest BCUT2D eigenvalue weighted by atomic mass is 10.0. The Morgan fingerprint density at radius 1 is 1.37 bits per heavy atom. The number of hydrogen-bond acceptors (Lipinski definition) is 4. The summed E-state index contributed by atoms with van der Waals surface area (Å²) in [5.41, 5.74) is 0.945. The maximum Gasteiger partial charge on any atom is 0.409 e. The number of pyridine rings is 1. The highest BCUT2D eigenvalue weighted by Gasteiger charge is 2.29. The van der Waals surface area contributed by atoms with Gasteiger partial charge < -0.3 is 18.8 Å². The third-order valence-corrected chi connectivity index (χ3v) is 5.62. The molecule has 1 atom stereocenters. The van der Waals surface area contributed by atoms with Gasteiger partial charge in [-0.25, -0.2) is 18.6 Å². The van der Waals surface area contributed by atoms with Gasteiger partial charge in [-0.15, -0.1) is 0 Å². The van der Waals surface area contributed by atoms with E-state index in [0.29, 0.717) is 34.0 Å². The summed E-state index contributed by atoms with van der Waals surface area (Å²) >= 11 is 9.18. The lowest BCUT2D eigenvalue weighted by Gasteiger charge is -2.32. The molecule has 1 amide bonds. The number of hydrogen-bond donors (Lipinski definition) is 0. The van der Waals surface area contributed by atoms with Gasteiger partial charge in [-0.05, 0) is 18.2 Å². The molecule has 1 fully saturated rings. The van der Waals surface area contributed by atoms with E-state index in [1.165, 1.54) is 24.1 Å². The maximum atomic E-state index is 14.7. The zero-order valence-corrected chi connectivity index (χ0v) is 18.2. The average Bonchev–Trinajstić information content (AvgIpc) is 3.03. The van der Waals surface area contributed by atoms with Crippen LogP contribution in [-0.4, -0.2) is 53.3 Å². The fraction of sp³-hybridized carbons (Fsp3) is 0.300. The van der Waals surface area contributed by atoms with Crippen LogP contribution in [0.4, 0.5) is 13.6 Å². The average molecular weight is 501 g/mol. The number of aromatic nitrogens is 2. The van der Waals surface area contributed by atoms with E-state index in [9.17, 15) is 13.6 Å². The first-order valence-corrected chi connectivity index (χ1v) is 10.3. The Kier molecular flexibility index (Phi) is 5.95. The molecule has 1 aliphatic rings. The van der Waals surface area contributed by atoms with Crippen LogP contribution in [0.5, 0.6) is 0 Å². The van der Waals surface area contributed by atoms with Crippen molar-refractivity contribution in [3.63, 3.8) is 0 Å². The molecule has 30 heavy (non-hydrogen) atoms. The normalized spacial score (nSPS) is 16.8. The van der Waals surface area contributed by atoms with Crippen LogP contribution < -0.4 is 0 Å². The number of morpholine rings is 1. The Labute approximate surface area is 184 Å². The van der Waals surface area contributed by atoms with Gasteiger partial charge in [0.05, 0.1) is 43.3 Å². The molecule has 1 aliphatic heterocycles. The first-order valence-electron chi connectivity index (χ1n) is 9.13. The number of halogens is 4. The first kappa shape index (κ1) is 21.0. The third kappa shape index (κ3) is 4.01. The van der Waals surface area contributed by atoms with Gasteiger partial charge in [0.2, 0.25) is 0 Å². The van der Waals surface area contributed by atoms with Gasteiger partial charge in [0, 0.05) is 34.7 Å². The third-order valence-electron chi connectivity index (χ3n) is 4.92. The van der Waals surface area contributed by atoms with Crippen LogP contribution >= 0.6 is 27.5 Å². The number of imidazole rings is 1. The van der Waals surface area contributed by atoms with Crippen molar-refractivity contribution in [2.75, 3.05) is 26.8 Å². The SMILES string of the molecule is COC(=O)N1CCO[C@@H](Cc2c(-c3c(F)cc(Br)cc3F)nc3cc(Cl)ccn23)C1. The highest BCUT2D eigenvalue weighted by molar-refractivity contribution is 9.10. The largest absolute Gasteiger partial charge is 0.453 e. The van der Waals surface area contributed by atoms with Crippen molar-refractivity contribution in [2.24, 2.45) is 0 Å². The van der Waals surface area contributed by atoms with E-state index in [1.54, 1.807) is 22.7 Å². The highest BCUT2D eigenvalue weighted by atomic mass is 79.9. The molecule has 3 aromatic rings. The zero-order chi connectivity index (χ0) is 21.4. The summed E-state index contributed by atoms with van der Waals surface area (Å²) in [7, 11) is 1.32. The molecule has 1 aromatic carbocycles. The number of fused-ring (bicyclic) bond motifs is 1. The Morgan fingerprint density at radius 2 is 2.10 bits per heavy atom. The van der Waals surface area contributed by atoms with Crippen molar-refractivity contribution in [3.8, 4) is 11.3 Å². The number of carbonyl (C=O) groups is 1. The minimum Gasteiger partial charge on any atom is -0.453 e. The Balaban J connectivity index is 1.79. The second-order valence-electron chi connectivity index (χ2n) is 6.84. The van der Waals surface area contributed by atoms with E-state index in [-0.39, 0.29) is 24.2 Å². The molecule has 1 saturated heterocycles. The molecule has 0 spiro atoms. The quantitative estimate of drug-likeness (QED) is 0.523. The van der Waals surface area contributed by atoms with Crippen molar-refractivity contribution in [1.29, 1.82) is 0 Å². The number of carbonyl (C=O) groups excluding carboxylic acids is 1. The van der Waals surface area contributed by atoms with Gasteiger partial charge in [0.25, 0.3) is 0 Å². The van der Waals surface area contributed by atoms with Crippen LogP contribution in [0.15, 0.2) is 34.9 Å². The predicted octanol–water partition coefficient (Wildman–Crippen LogP) is 4.71. The summed E-state index contributed by atoms with van der Waals surface area (Å²) in [5.74, 6) is -1.48. The number of benzene rings is 1. The smallest absolute Gasteiger partial charge is 0.409 e. The van der Waals surface area contributed by atoms with Crippen LogP contribution in [-0.2, 0) is 15.9 Å². The molecule has 0 bridgehead atoms. The lowest BCUT2D eigenvalue weighted by molar-refractivity contribution is -0.0241. The van der Waals surface area contributed by atoms with E-state index < -0.39 is 23.8 Å². The molecule has 158 valence electrons. The van der Waals surface area contributed by atoms with Gasteiger partial charge in [-0.1, -0.05) is 27.5 Å². The van der Waals surface area contributed by atoms with Crippen molar-refractivity contribution >= 4 is 39.3 Å². The second-order valence-corrected chi connectivity index (χ2v) is 8.19. The predicted molar refractivity (Wildman–Crippen MR) is 111 cm³/mol. The van der Waals surface area contributed by atoms with E-state index in [1.807, 2.05) is 0 Å². The molecule has 0 N–H and O–H groups in total. The number of rotatable bonds is 3. The molecule has 6 nitrogen and oxygen atoms in total. The minimum atomic E-state index is -0.738. The maximum absolute atomic E-state index is 14.7. The number of methoxy groups -OCH3 is 1. The Bertz CT molecular complexity index is 1100.